The van der Waals surface area contributed by atoms with Crippen molar-refractivity contribution >= 4 is 23.9 Å². The molecule has 1 fully saturated rings. The number of allylic oxidation sites excluding steroid dienone is 2. The quantitative estimate of drug-likeness (QED) is 0.853. The van der Waals surface area contributed by atoms with Crippen molar-refractivity contribution in [1.29, 1.82) is 0 Å². The van der Waals surface area contributed by atoms with Gasteiger partial charge in [-0.1, -0.05) is 0 Å². The predicted octanol–water partition coefficient (Wildman–Crippen LogP) is 2.99. The molecule has 2 aromatic heterocycles. The lowest BCUT2D eigenvalue weighted by Crippen LogP contribution is -2.43. The first-order chi connectivity index (χ1) is 14.1. The molecule has 148 valence electrons. The molecular formula is C21H23N7O. The molecule has 4 rings (SSSR count). The second-order valence-electron chi connectivity index (χ2n) is 7.15. The van der Waals surface area contributed by atoms with Crippen molar-refractivity contribution in [2.45, 2.75) is 26.3 Å². The zero-order valence-electron chi connectivity index (χ0n) is 16.5. The van der Waals surface area contributed by atoms with Crippen LogP contribution in [0.3, 0.4) is 0 Å². The Morgan fingerprint density at radius 1 is 1.17 bits per heavy atom. The summed E-state index contributed by atoms with van der Waals surface area (Å²) < 4.78 is 0. The van der Waals surface area contributed by atoms with E-state index >= 15 is 0 Å². The summed E-state index contributed by atoms with van der Waals surface area (Å²) in [5.74, 6) is 0.425. The topological polar surface area (TPSA) is 86.6 Å². The highest BCUT2D eigenvalue weighted by atomic mass is 16.2. The SMILES string of the molecule is Cc1ccc(C2=CC=CN3CC[C@@H](C3)N(C(=O)Nc3cncc(C)n3)C=N2)cn1. The molecule has 1 saturated heterocycles. The van der Waals surface area contributed by atoms with Crippen molar-refractivity contribution in [3.63, 3.8) is 0 Å². The van der Waals surface area contributed by atoms with E-state index in [2.05, 4.69) is 30.2 Å². The summed E-state index contributed by atoms with van der Waals surface area (Å²) in [6.07, 6.45) is 13.4. The predicted molar refractivity (Wildman–Crippen MR) is 112 cm³/mol. The second-order valence-corrected chi connectivity index (χ2v) is 7.15. The fraction of sp³-hybridized carbons (Fsp3) is 0.286. The van der Waals surface area contributed by atoms with E-state index in [-0.39, 0.29) is 12.1 Å². The number of amides is 2. The first-order valence-electron chi connectivity index (χ1n) is 9.56. The van der Waals surface area contributed by atoms with E-state index in [0.717, 1.165) is 42.2 Å². The van der Waals surface area contributed by atoms with Crippen molar-refractivity contribution in [2.24, 2.45) is 4.99 Å². The number of aryl methyl sites for hydroxylation is 2. The Balaban J connectivity index is 1.62. The van der Waals surface area contributed by atoms with Crippen LogP contribution < -0.4 is 5.32 Å². The van der Waals surface area contributed by atoms with Crippen LogP contribution in [0.4, 0.5) is 10.6 Å². The average Bonchev–Trinajstić information content (AvgIpc) is 3.15. The third-order valence-corrected chi connectivity index (χ3v) is 4.89. The lowest BCUT2D eigenvalue weighted by Gasteiger charge is -2.25. The van der Waals surface area contributed by atoms with E-state index in [1.807, 2.05) is 44.3 Å². The molecule has 0 aliphatic carbocycles. The number of carbonyl (C=O) groups excluding carboxylic acids is 1. The van der Waals surface area contributed by atoms with Gasteiger partial charge in [0.2, 0.25) is 0 Å². The summed E-state index contributed by atoms with van der Waals surface area (Å²) >= 11 is 0. The molecule has 29 heavy (non-hydrogen) atoms. The van der Waals surface area contributed by atoms with Crippen LogP contribution in [0, 0.1) is 13.8 Å². The van der Waals surface area contributed by atoms with Gasteiger partial charge < -0.3 is 4.90 Å². The molecule has 2 aliphatic rings. The molecule has 0 unspecified atom stereocenters. The van der Waals surface area contributed by atoms with Crippen molar-refractivity contribution in [3.05, 3.63) is 66.0 Å². The van der Waals surface area contributed by atoms with Crippen LogP contribution in [0.5, 0.6) is 0 Å². The molecule has 2 bridgehead atoms. The molecule has 0 aromatic carbocycles. The molecule has 2 amide bonds. The summed E-state index contributed by atoms with van der Waals surface area (Å²) in [7, 11) is 0. The number of hydrogen-bond acceptors (Lipinski definition) is 6. The van der Waals surface area contributed by atoms with Crippen LogP contribution in [0.25, 0.3) is 5.70 Å². The highest BCUT2D eigenvalue weighted by molar-refractivity contribution is 5.97. The van der Waals surface area contributed by atoms with Gasteiger partial charge in [0.25, 0.3) is 0 Å². The van der Waals surface area contributed by atoms with E-state index in [4.69, 9.17) is 0 Å². The van der Waals surface area contributed by atoms with Gasteiger partial charge in [-0.2, -0.15) is 0 Å². The normalized spacial score (nSPS) is 18.6. The minimum atomic E-state index is -0.272. The van der Waals surface area contributed by atoms with Crippen molar-refractivity contribution in [3.8, 4) is 0 Å². The lowest BCUT2D eigenvalue weighted by atomic mass is 10.2. The molecule has 0 spiro atoms. The number of carbonyl (C=O) groups is 1. The maximum absolute atomic E-state index is 13.0. The van der Waals surface area contributed by atoms with Gasteiger partial charge in [0.05, 0.1) is 30.0 Å². The number of pyridine rings is 1. The highest BCUT2D eigenvalue weighted by Crippen LogP contribution is 2.21. The number of fused-ring (bicyclic) bond motifs is 2. The summed E-state index contributed by atoms with van der Waals surface area (Å²) in [6.45, 7) is 5.42. The third kappa shape index (κ3) is 4.48. The van der Waals surface area contributed by atoms with Crippen LogP contribution in [0.15, 0.2) is 54.1 Å². The number of aliphatic imine (C=N–C) groups is 1. The number of urea groups is 1. The van der Waals surface area contributed by atoms with Crippen LogP contribution in [-0.2, 0) is 0 Å². The van der Waals surface area contributed by atoms with Crippen molar-refractivity contribution < 1.29 is 4.79 Å². The Morgan fingerprint density at radius 3 is 2.86 bits per heavy atom. The van der Waals surface area contributed by atoms with E-state index in [9.17, 15) is 4.79 Å². The maximum atomic E-state index is 13.0. The smallest absolute Gasteiger partial charge is 0.328 e. The van der Waals surface area contributed by atoms with Gasteiger partial charge in [-0.25, -0.2) is 14.8 Å². The highest BCUT2D eigenvalue weighted by Gasteiger charge is 2.29. The van der Waals surface area contributed by atoms with Crippen molar-refractivity contribution in [1.82, 2.24) is 24.8 Å². The maximum Gasteiger partial charge on any atom is 0.328 e. The molecule has 8 nitrogen and oxygen atoms in total. The van der Waals surface area contributed by atoms with Gasteiger partial charge in [0.1, 0.15) is 0 Å². The first-order valence-corrected chi connectivity index (χ1v) is 9.56. The van der Waals surface area contributed by atoms with Gasteiger partial charge in [-0.05, 0) is 50.8 Å². The standard InChI is InChI=1S/C21H23N7O/c1-15-5-6-17(11-23-15)19-4-3-8-27-9-7-18(13-27)28(14-24-19)21(29)26-20-12-22-10-16(2)25-20/h3-6,8,10-12,14,18H,7,9,13H2,1-2H3,(H,25,26,29)/t18-/m0/s1. The summed E-state index contributed by atoms with van der Waals surface area (Å²) in [5, 5.41) is 2.84. The number of hydrogen-bond donors (Lipinski definition) is 1. The summed E-state index contributed by atoms with van der Waals surface area (Å²) in [4.78, 5) is 34.2. The molecule has 2 aliphatic heterocycles. The molecule has 2 aromatic rings. The molecular weight excluding hydrogens is 366 g/mol. The Hall–Kier alpha value is -3.55. The third-order valence-electron chi connectivity index (χ3n) is 4.89. The van der Waals surface area contributed by atoms with Gasteiger partial charge in [-0.3, -0.25) is 20.2 Å². The number of nitrogens with one attached hydrogen (secondary N) is 1. The second kappa shape index (κ2) is 8.22. The van der Waals surface area contributed by atoms with Gasteiger partial charge >= 0.3 is 6.03 Å². The minimum absolute atomic E-state index is 0.0247. The van der Waals surface area contributed by atoms with Crippen LogP contribution in [-0.4, -0.2) is 56.3 Å². The van der Waals surface area contributed by atoms with E-state index in [1.165, 1.54) is 6.20 Å². The van der Waals surface area contributed by atoms with E-state index in [0.29, 0.717) is 5.82 Å². The Labute approximate surface area is 169 Å². The number of aromatic nitrogens is 3. The lowest BCUT2D eigenvalue weighted by molar-refractivity contribution is 0.223. The molecule has 1 atom stereocenters. The van der Waals surface area contributed by atoms with Crippen LogP contribution in [0.2, 0.25) is 0 Å². The average molecular weight is 389 g/mol. The number of anilines is 1. The monoisotopic (exact) mass is 389 g/mol. The molecule has 0 saturated carbocycles. The first kappa shape index (κ1) is 18.8. The molecule has 1 N–H and O–H groups in total. The summed E-state index contributed by atoms with van der Waals surface area (Å²) in [6, 6.07) is 3.68. The van der Waals surface area contributed by atoms with Crippen LogP contribution in [0.1, 0.15) is 23.4 Å². The van der Waals surface area contributed by atoms with Gasteiger partial charge in [0, 0.05) is 36.7 Å². The van der Waals surface area contributed by atoms with E-state index in [1.54, 1.807) is 23.6 Å². The molecule has 8 heteroatoms. The van der Waals surface area contributed by atoms with Crippen LogP contribution >= 0.6 is 0 Å². The number of nitrogens with zero attached hydrogens (tertiary/aromatic N) is 6. The minimum Gasteiger partial charge on any atom is -0.375 e. The van der Waals surface area contributed by atoms with Gasteiger partial charge in [-0.15, -0.1) is 0 Å². The van der Waals surface area contributed by atoms with Crippen molar-refractivity contribution in [2.75, 3.05) is 18.4 Å². The zero-order chi connectivity index (χ0) is 20.2. The van der Waals surface area contributed by atoms with E-state index < -0.39 is 0 Å². The zero-order valence-corrected chi connectivity index (χ0v) is 16.5. The Kier molecular flexibility index (Phi) is 5.33. The Morgan fingerprint density at radius 2 is 2.07 bits per heavy atom. The fourth-order valence-electron chi connectivity index (χ4n) is 3.35. The van der Waals surface area contributed by atoms with Gasteiger partial charge in [0.15, 0.2) is 5.82 Å². The largest absolute Gasteiger partial charge is 0.375 e. The molecule has 4 heterocycles. The number of rotatable bonds is 2. The Bertz CT molecular complexity index is 981. The molecule has 0 radical (unpaired) electrons. The summed E-state index contributed by atoms with van der Waals surface area (Å²) in [5.41, 5.74) is 3.32. The fourth-order valence-corrected chi connectivity index (χ4v) is 3.35.